The molecule has 124 valence electrons. The topological polar surface area (TPSA) is 51.5 Å². The van der Waals surface area contributed by atoms with Crippen molar-refractivity contribution in [3.8, 4) is 0 Å². The third-order valence-corrected chi connectivity index (χ3v) is 3.76. The van der Waals surface area contributed by atoms with Gasteiger partial charge in [-0.25, -0.2) is 4.79 Å². The van der Waals surface area contributed by atoms with Gasteiger partial charge in [0.1, 0.15) is 17.9 Å². The number of aldehydes is 1. The molecule has 0 aliphatic heterocycles. The predicted molar refractivity (Wildman–Crippen MR) is 90.7 cm³/mol. The van der Waals surface area contributed by atoms with E-state index in [4.69, 9.17) is 16.3 Å². The molecule has 2 rings (SSSR count). The maximum atomic E-state index is 12.2. The van der Waals surface area contributed by atoms with Crippen LogP contribution in [0, 0.1) is 0 Å². The number of nitrogens with zero attached hydrogens (tertiary/aromatic N) is 2. The Bertz CT molecular complexity index is 746. The largest absolute Gasteiger partial charge is 0.444 e. The number of halogens is 1. The zero-order valence-corrected chi connectivity index (χ0v) is 14.7. The number of likely N-dealkylation sites (N-methyl/N-ethyl adjacent to an activating group) is 1. The summed E-state index contributed by atoms with van der Waals surface area (Å²) in [7, 11) is 3.43. The first kappa shape index (κ1) is 17.3. The van der Waals surface area contributed by atoms with Gasteiger partial charge >= 0.3 is 6.09 Å². The van der Waals surface area contributed by atoms with Gasteiger partial charge < -0.3 is 14.1 Å². The van der Waals surface area contributed by atoms with E-state index in [-0.39, 0.29) is 0 Å². The van der Waals surface area contributed by atoms with Crippen molar-refractivity contribution in [1.29, 1.82) is 0 Å². The van der Waals surface area contributed by atoms with Crippen LogP contribution < -0.4 is 0 Å². The zero-order valence-electron chi connectivity index (χ0n) is 14.0. The maximum absolute atomic E-state index is 12.2. The van der Waals surface area contributed by atoms with Crippen molar-refractivity contribution in [2.24, 2.45) is 7.05 Å². The number of amides is 1. The van der Waals surface area contributed by atoms with E-state index in [0.717, 1.165) is 22.8 Å². The molecule has 1 amide bonds. The molecule has 1 aromatic heterocycles. The number of fused-ring (bicyclic) bond motifs is 1. The first-order valence-electron chi connectivity index (χ1n) is 7.29. The van der Waals surface area contributed by atoms with Crippen LogP contribution >= 0.6 is 11.6 Å². The number of hydrogen-bond donors (Lipinski definition) is 0. The van der Waals surface area contributed by atoms with E-state index >= 15 is 0 Å². The number of carbonyl (C=O) groups is 2. The van der Waals surface area contributed by atoms with Crippen molar-refractivity contribution in [3.05, 3.63) is 35.0 Å². The normalized spacial score (nSPS) is 13.0. The number of ether oxygens (including phenoxy) is 1. The highest BCUT2D eigenvalue weighted by Gasteiger charge is 2.28. The van der Waals surface area contributed by atoms with Gasteiger partial charge in [-0.1, -0.05) is 17.7 Å². The highest BCUT2D eigenvalue weighted by molar-refractivity contribution is 6.31. The average Bonchev–Trinajstić information content (AvgIpc) is 2.74. The van der Waals surface area contributed by atoms with Crippen LogP contribution in [0.4, 0.5) is 4.79 Å². The molecule has 0 aliphatic rings. The average molecular weight is 337 g/mol. The molecular weight excluding hydrogens is 316 g/mol. The molecule has 0 saturated heterocycles. The molecule has 23 heavy (non-hydrogen) atoms. The Kier molecular flexibility index (Phi) is 4.71. The SMILES string of the molecule is CN(C(=O)OC(C)(C)C)C(C=O)c1cn(C)c2cc(Cl)ccc12. The van der Waals surface area contributed by atoms with Crippen LogP contribution in [-0.4, -0.2) is 34.5 Å². The van der Waals surface area contributed by atoms with E-state index in [1.165, 1.54) is 4.90 Å². The van der Waals surface area contributed by atoms with Crippen LogP contribution in [0.2, 0.25) is 5.02 Å². The number of aromatic nitrogens is 1. The van der Waals surface area contributed by atoms with Crippen LogP contribution in [0.15, 0.2) is 24.4 Å². The molecular formula is C17H21ClN2O3. The van der Waals surface area contributed by atoms with Gasteiger partial charge in [0.25, 0.3) is 0 Å². The molecule has 6 heteroatoms. The summed E-state index contributed by atoms with van der Waals surface area (Å²) in [5, 5.41) is 1.50. The van der Waals surface area contributed by atoms with Crippen LogP contribution in [-0.2, 0) is 16.6 Å². The Morgan fingerprint density at radius 2 is 2.04 bits per heavy atom. The maximum Gasteiger partial charge on any atom is 0.410 e. The lowest BCUT2D eigenvalue weighted by atomic mass is 10.1. The van der Waals surface area contributed by atoms with Crippen LogP contribution in [0.1, 0.15) is 32.4 Å². The number of rotatable bonds is 3. The van der Waals surface area contributed by atoms with Gasteiger partial charge in [0.05, 0.1) is 0 Å². The molecule has 5 nitrogen and oxygen atoms in total. The lowest BCUT2D eigenvalue weighted by Crippen LogP contribution is -2.37. The lowest BCUT2D eigenvalue weighted by molar-refractivity contribution is -0.112. The minimum Gasteiger partial charge on any atom is -0.444 e. The van der Waals surface area contributed by atoms with E-state index in [0.29, 0.717) is 5.02 Å². The van der Waals surface area contributed by atoms with Crippen molar-refractivity contribution in [2.45, 2.75) is 32.4 Å². The fourth-order valence-electron chi connectivity index (χ4n) is 2.44. The third-order valence-electron chi connectivity index (χ3n) is 3.53. The van der Waals surface area contributed by atoms with Crippen molar-refractivity contribution in [1.82, 2.24) is 9.47 Å². The minimum atomic E-state index is -0.727. The molecule has 0 saturated carbocycles. The summed E-state index contributed by atoms with van der Waals surface area (Å²) in [6, 6.07) is 4.72. The molecule has 0 bridgehead atoms. The second-order valence-corrected chi connectivity index (χ2v) is 6.97. The van der Waals surface area contributed by atoms with E-state index in [9.17, 15) is 9.59 Å². The molecule has 2 aromatic rings. The Morgan fingerprint density at radius 3 is 2.61 bits per heavy atom. The molecule has 1 atom stereocenters. The Hall–Kier alpha value is -2.01. The fourth-order valence-corrected chi connectivity index (χ4v) is 2.61. The van der Waals surface area contributed by atoms with Gasteiger partial charge in [0, 0.05) is 41.8 Å². The second-order valence-electron chi connectivity index (χ2n) is 6.53. The summed E-state index contributed by atoms with van der Waals surface area (Å²) in [4.78, 5) is 25.2. The van der Waals surface area contributed by atoms with E-state index in [1.807, 2.05) is 29.9 Å². The van der Waals surface area contributed by atoms with Crippen molar-refractivity contribution < 1.29 is 14.3 Å². The van der Waals surface area contributed by atoms with Crippen molar-refractivity contribution in [2.75, 3.05) is 7.05 Å². The highest BCUT2D eigenvalue weighted by Crippen LogP contribution is 2.30. The quantitative estimate of drug-likeness (QED) is 0.798. The highest BCUT2D eigenvalue weighted by atomic mass is 35.5. The monoisotopic (exact) mass is 336 g/mol. The summed E-state index contributed by atoms with van der Waals surface area (Å²) >= 11 is 6.03. The molecule has 0 aliphatic carbocycles. The molecule has 0 radical (unpaired) electrons. The summed E-state index contributed by atoms with van der Waals surface area (Å²) in [5.74, 6) is 0. The summed E-state index contributed by atoms with van der Waals surface area (Å²) in [6.07, 6.45) is 2.04. The molecule has 1 heterocycles. The van der Waals surface area contributed by atoms with Crippen LogP contribution in [0.3, 0.4) is 0 Å². The zero-order chi connectivity index (χ0) is 17.4. The number of aryl methyl sites for hydroxylation is 1. The van der Waals surface area contributed by atoms with Gasteiger partial charge in [-0.15, -0.1) is 0 Å². The Labute approximate surface area is 140 Å². The number of carbonyl (C=O) groups excluding carboxylic acids is 2. The van der Waals surface area contributed by atoms with Gasteiger partial charge in [0.15, 0.2) is 0 Å². The predicted octanol–water partition coefficient (Wildman–Crippen LogP) is 3.94. The molecule has 0 N–H and O–H groups in total. The molecule has 1 unspecified atom stereocenters. The van der Waals surface area contributed by atoms with Gasteiger partial charge in [-0.05, 0) is 32.9 Å². The fraction of sp³-hybridized carbons (Fsp3) is 0.412. The summed E-state index contributed by atoms with van der Waals surface area (Å²) < 4.78 is 7.23. The Morgan fingerprint density at radius 1 is 1.39 bits per heavy atom. The van der Waals surface area contributed by atoms with E-state index in [1.54, 1.807) is 33.9 Å². The summed E-state index contributed by atoms with van der Waals surface area (Å²) in [6.45, 7) is 5.36. The van der Waals surface area contributed by atoms with Gasteiger partial charge in [0.2, 0.25) is 0 Å². The van der Waals surface area contributed by atoms with Crippen LogP contribution in [0.5, 0.6) is 0 Å². The molecule has 1 aromatic carbocycles. The summed E-state index contributed by atoms with van der Waals surface area (Å²) in [5.41, 5.74) is 1.02. The van der Waals surface area contributed by atoms with Gasteiger partial charge in [-0.3, -0.25) is 4.90 Å². The number of hydrogen-bond acceptors (Lipinski definition) is 3. The number of benzene rings is 1. The smallest absolute Gasteiger partial charge is 0.410 e. The Balaban J connectivity index is 2.42. The van der Waals surface area contributed by atoms with Gasteiger partial charge in [-0.2, -0.15) is 0 Å². The van der Waals surface area contributed by atoms with Crippen molar-refractivity contribution >= 4 is 34.9 Å². The minimum absolute atomic E-state index is 0.541. The molecule has 0 fully saturated rings. The third kappa shape index (κ3) is 3.67. The molecule has 0 spiro atoms. The second kappa shape index (κ2) is 6.24. The standard InChI is InChI=1S/C17H21ClN2O3/c1-17(2,3)23-16(22)20(5)15(10-21)13-9-19(4)14-8-11(18)6-7-12(13)14/h6-10,15H,1-5H3. The van der Waals surface area contributed by atoms with Crippen LogP contribution in [0.25, 0.3) is 10.9 Å². The van der Waals surface area contributed by atoms with E-state index in [2.05, 4.69) is 0 Å². The van der Waals surface area contributed by atoms with E-state index < -0.39 is 17.7 Å². The first-order valence-corrected chi connectivity index (χ1v) is 7.67. The van der Waals surface area contributed by atoms with Crippen molar-refractivity contribution in [3.63, 3.8) is 0 Å². The lowest BCUT2D eigenvalue weighted by Gasteiger charge is -2.27. The first-order chi connectivity index (χ1) is 10.6.